The molecule has 26 heavy (non-hydrogen) atoms. The zero-order valence-electron chi connectivity index (χ0n) is 17.3. The zero-order chi connectivity index (χ0) is 17.9. The van der Waals surface area contributed by atoms with Crippen LogP contribution in [-0.4, -0.2) is 12.6 Å². The van der Waals surface area contributed by atoms with Crippen molar-refractivity contribution in [2.45, 2.75) is 85.7 Å². The number of rotatable bonds is 6. The number of carbonyl (C=O) groups is 1. The average Bonchev–Trinajstić information content (AvgIpc) is 2.79. The van der Waals surface area contributed by atoms with Gasteiger partial charge in [-0.3, -0.25) is 0 Å². The molecule has 1 N–H and O–H groups in total. The minimum Gasteiger partial charge on any atom is -1.00 e. The van der Waals surface area contributed by atoms with Crippen LogP contribution in [0.25, 0.3) is 0 Å². The molecular formula is C20H36Cl2NOSiTi. The fourth-order valence-corrected chi connectivity index (χ4v) is 18.8. The van der Waals surface area contributed by atoms with Gasteiger partial charge >= 0.3 is 157 Å². The van der Waals surface area contributed by atoms with Gasteiger partial charge in [0.2, 0.25) is 0 Å². The second-order valence-electron chi connectivity index (χ2n) is 7.82. The predicted molar refractivity (Wildman–Crippen MR) is 103 cm³/mol. The second-order valence-corrected chi connectivity index (χ2v) is 19.6. The molecule has 2 rings (SSSR count). The Hall–Kier alpha value is 0.461. The molecule has 1 saturated carbocycles. The predicted octanol–water partition coefficient (Wildman–Crippen LogP) is -0.752. The van der Waals surface area contributed by atoms with Crippen LogP contribution in [0.2, 0.25) is 12.1 Å². The van der Waals surface area contributed by atoms with Gasteiger partial charge < -0.3 is 24.8 Å². The quantitative estimate of drug-likeness (QED) is 0.527. The Bertz CT molecular complexity index is 540. The van der Waals surface area contributed by atoms with E-state index in [1.54, 1.807) is 9.45 Å². The summed E-state index contributed by atoms with van der Waals surface area (Å²) >= 11 is -1.68. The maximum atomic E-state index is 13.0. The van der Waals surface area contributed by atoms with E-state index in [1.165, 1.54) is 42.5 Å². The molecule has 0 spiro atoms. The van der Waals surface area contributed by atoms with Gasteiger partial charge in [-0.1, -0.05) is 0 Å². The van der Waals surface area contributed by atoms with E-state index in [-0.39, 0.29) is 24.8 Å². The van der Waals surface area contributed by atoms with Crippen LogP contribution in [0.15, 0.2) is 20.6 Å². The standard InChI is InChI=1S/C9H13.C7H13NO.C4H11Si.2ClH.Ti/c1-6-5-7(2)9(4)8(6)3;8-7(9)6-4-2-1-3-5-6;1-3-5-4-2;;;/h6H,1-4H3;6H,1-5H2,(H2,8,9);5H,3-4H2,1-2H3;2*1H;/q;;;;;+3/p-3. The van der Waals surface area contributed by atoms with Crippen molar-refractivity contribution in [3.8, 4) is 0 Å². The van der Waals surface area contributed by atoms with E-state index in [1.807, 2.05) is 0 Å². The average molecular weight is 453 g/mol. The Labute approximate surface area is 180 Å². The van der Waals surface area contributed by atoms with Crippen molar-refractivity contribution < 1.29 is 47.0 Å². The zero-order valence-corrected chi connectivity index (χ0v) is 21.6. The molecule has 2 nitrogen and oxygen atoms in total. The van der Waals surface area contributed by atoms with Crippen molar-refractivity contribution in [3.63, 3.8) is 0 Å². The fourth-order valence-electron chi connectivity index (χ4n) is 4.48. The first kappa shape index (κ1) is 26.5. The van der Waals surface area contributed by atoms with Crippen molar-refractivity contribution in [1.82, 2.24) is 3.80 Å². The van der Waals surface area contributed by atoms with Crippen LogP contribution in [-0.2, 0) is 22.2 Å². The molecule has 2 aliphatic rings. The SMILES string of the molecule is CC[SiH](CC)[Ti+2]([NH]C(=O)C1CCCCC1)[C]1=C(C)C(C)=C(C)C1C.[Cl-].[Cl-]. The number of nitrogens with one attached hydrogen (secondary N) is 1. The maximum Gasteiger partial charge on any atom is -1.00 e. The van der Waals surface area contributed by atoms with Gasteiger partial charge in [-0.15, -0.1) is 0 Å². The van der Waals surface area contributed by atoms with Crippen molar-refractivity contribution in [2.75, 3.05) is 0 Å². The molecule has 0 aliphatic heterocycles. The third-order valence-corrected chi connectivity index (χ3v) is 21.8. The third kappa shape index (κ3) is 5.73. The van der Waals surface area contributed by atoms with Crippen LogP contribution < -0.4 is 28.6 Å². The first-order chi connectivity index (χ1) is 11.4. The molecule has 1 amide bonds. The molecule has 0 heterocycles. The number of hydrogen-bond donors (Lipinski definition) is 1. The van der Waals surface area contributed by atoms with Crippen molar-refractivity contribution >= 4 is 12.6 Å². The summed E-state index contributed by atoms with van der Waals surface area (Å²) in [5.41, 5.74) is 4.56. The van der Waals surface area contributed by atoms with Gasteiger partial charge in [-0.25, -0.2) is 0 Å². The van der Waals surface area contributed by atoms with Gasteiger partial charge in [0.25, 0.3) is 0 Å². The molecule has 0 radical (unpaired) electrons. The fraction of sp³-hybridized carbons (Fsp3) is 0.750. The van der Waals surface area contributed by atoms with Crippen LogP contribution in [0.3, 0.4) is 0 Å². The van der Waals surface area contributed by atoms with Gasteiger partial charge in [-0.2, -0.15) is 0 Å². The molecular weight excluding hydrogens is 417 g/mol. The first-order valence-corrected chi connectivity index (χ1v) is 16.5. The van der Waals surface area contributed by atoms with E-state index >= 15 is 0 Å². The van der Waals surface area contributed by atoms with Gasteiger partial charge in [0.05, 0.1) is 0 Å². The van der Waals surface area contributed by atoms with Gasteiger partial charge in [0, 0.05) is 0 Å². The van der Waals surface area contributed by atoms with E-state index in [2.05, 4.69) is 45.3 Å². The van der Waals surface area contributed by atoms with Crippen LogP contribution in [0.4, 0.5) is 0 Å². The summed E-state index contributed by atoms with van der Waals surface area (Å²) < 4.78 is 5.44. The smallest absolute Gasteiger partial charge is 1.00 e. The molecule has 1 unspecified atom stereocenters. The molecule has 2 aliphatic carbocycles. The Morgan fingerprint density at radius 3 is 2.00 bits per heavy atom. The minimum atomic E-state index is -1.68. The summed E-state index contributed by atoms with van der Waals surface area (Å²) in [6.45, 7) is 13.1. The van der Waals surface area contributed by atoms with E-state index in [0.29, 0.717) is 17.7 Å². The third-order valence-electron chi connectivity index (χ3n) is 6.56. The monoisotopic (exact) mass is 452 g/mol. The number of halogens is 2. The van der Waals surface area contributed by atoms with Crippen molar-refractivity contribution in [2.24, 2.45) is 11.8 Å². The number of allylic oxidation sites excluding steroid dienone is 4. The first-order valence-electron chi connectivity index (χ1n) is 9.98. The molecule has 1 fully saturated rings. The summed E-state index contributed by atoms with van der Waals surface area (Å²) in [6.07, 6.45) is 6.04. The molecule has 149 valence electrons. The molecule has 0 bridgehead atoms. The maximum absolute atomic E-state index is 13.0. The largest absolute Gasteiger partial charge is 1.00 e. The Morgan fingerprint density at radius 1 is 1.04 bits per heavy atom. The van der Waals surface area contributed by atoms with Crippen LogP contribution in [0.1, 0.15) is 73.6 Å². The topological polar surface area (TPSA) is 29.1 Å². The minimum absolute atomic E-state index is 0. The van der Waals surface area contributed by atoms with E-state index in [0.717, 1.165) is 12.8 Å². The second kappa shape index (κ2) is 12.1. The molecule has 0 aromatic heterocycles. The normalized spacial score (nSPS) is 20.8. The summed E-state index contributed by atoms with van der Waals surface area (Å²) in [5.74, 6) is 1.29. The van der Waals surface area contributed by atoms with Crippen LogP contribution in [0.5, 0.6) is 0 Å². The van der Waals surface area contributed by atoms with Crippen molar-refractivity contribution in [3.05, 3.63) is 20.6 Å². The Balaban J connectivity index is 0.00000312. The summed E-state index contributed by atoms with van der Waals surface area (Å²) in [7, 11) is 0. The molecule has 6 heteroatoms. The summed E-state index contributed by atoms with van der Waals surface area (Å²) in [4.78, 5) is 13.0. The van der Waals surface area contributed by atoms with Crippen LogP contribution >= 0.6 is 0 Å². The number of carbonyl (C=O) groups excluding carboxylic acids is 1. The molecule has 0 aromatic rings. The van der Waals surface area contributed by atoms with E-state index in [9.17, 15) is 4.79 Å². The Morgan fingerprint density at radius 2 is 1.58 bits per heavy atom. The van der Waals surface area contributed by atoms with E-state index < -0.39 is 24.0 Å². The van der Waals surface area contributed by atoms with E-state index in [4.69, 9.17) is 0 Å². The summed E-state index contributed by atoms with van der Waals surface area (Å²) in [5, 5.41) is 0. The van der Waals surface area contributed by atoms with Gasteiger partial charge in [0.1, 0.15) is 0 Å². The molecule has 0 aromatic carbocycles. The Kier molecular flexibility index (Phi) is 12.3. The molecule has 1 atom stereocenters. The van der Waals surface area contributed by atoms with Gasteiger partial charge in [-0.05, 0) is 0 Å². The van der Waals surface area contributed by atoms with Gasteiger partial charge in [0.15, 0.2) is 0 Å². The van der Waals surface area contributed by atoms with Crippen LogP contribution in [0, 0.1) is 11.8 Å². The number of amides is 1. The number of hydrogen-bond acceptors (Lipinski definition) is 1. The summed E-state index contributed by atoms with van der Waals surface area (Å²) in [6, 6.07) is 2.66. The van der Waals surface area contributed by atoms with Crippen molar-refractivity contribution in [1.29, 1.82) is 0 Å². The molecule has 0 saturated heterocycles.